The van der Waals surface area contributed by atoms with Crippen LogP contribution in [-0.2, 0) is 20.8 Å². The van der Waals surface area contributed by atoms with Crippen LogP contribution in [0, 0.1) is 0 Å². The highest BCUT2D eigenvalue weighted by molar-refractivity contribution is 5.97. The lowest BCUT2D eigenvalue weighted by Crippen LogP contribution is -2.52. The standard InChI is InChI=1S/C25H31N3O5/c1-18(32-2)23(25(30)27-31)26-24(29)22-11-9-20(10-12-22)4-3-19-5-7-21(8-6-19)17-28-13-15-33-16-14-28/h3-12,18,23,31H,13-17H2,1-2H3,(H,26,29)(H,27,30)/b4-3+/t18-,23+/m1/s1. The topological polar surface area (TPSA) is 100 Å². The first kappa shape index (κ1) is 24.6. The van der Waals surface area contributed by atoms with Gasteiger partial charge in [-0.3, -0.25) is 19.7 Å². The lowest BCUT2D eigenvalue weighted by atomic mass is 10.1. The van der Waals surface area contributed by atoms with E-state index in [1.807, 2.05) is 24.3 Å². The zero-order valence-electron chi connectivity index (χ0n) is 19.0. The molecule has 8 heteroatoms. The first-order valence-corrected chi connectivity index (χ1v) is 10.9. The van der Waals surface area contributed by atoms with Crippen molar-refractivity contribution in [3.8, 4) is 0 Å². The summed E-state index contributed by atoms with van der Waals surface area (Å²) in [6, 6.07) is 14.5. The molecule has 8 nitrogen and oxygen atoms in total. The summed E-state index contributed by atoms with van der Waals surface area (Å²) in [5.41, 5.74) is 5.27. The minimum atomic E-state index is -1.02. The molecule has 1 fully saturated rings. The Labute approximate surface area is 194 Å². The Morgan fingerprint density at radius 2 is 1.64 bits per heavy atom. The first-order chi connectivity index (χ1) is 16.0. The van der Waals surface area contributed by atoms with Crippen molar-refractivity contribution >= 4 is 24.0 Å². The van der Waals surface area contributed by atoms with Crippen molar-refractivity contribution in [2.24, 2.45) is 0 Å². The first-order valence-electron chi connectivity index (χ1n) is 10.9. The Hall–Kier alpha value is -3.04. The van der Waals surface area contributed by atoms with Gasteiger partial charge in [-0.05, 0) is 35.7 Å². The number of ether oxygens (including phenoxy) is 2. The summed E-state index contributed by atoms with van der Waals surface area (Å²) in [4.78, 5) is 26.7. The second kappa shape index (κ2) is 12.3. The molecule has 0 aromatic heterocycles. The van der Waals surface area contributed by atoms with Crippen molar-refractivity contribution in [1.82, 2.24) is 15.7 Å². The van der Waals surface area contributed by atoms with Crippen LogP contribution in [0.25, 0.3) is 12.2 Å². The third kappa shape index (κ3) is 7.23. The van der Waals surface area contributed by atoms with Crippen LogP contribution in [0.4, 0.5) is 0 Å². The molecule has 0 radical (unpaired) electrons. The summed E-state index contributed by atoms with van der Waals surface area (Å²) >= 11 is 0. The number of hydrogen-bond acceptors (Lipinski definition) is 6. The second-order valence-corrected chi connectivity index (χ2v) is 7.95. The van der Waals surface area contributed by atoms with Crippen molar-refractivity contribution in [2.45, 2.75) is 25.6 Å². The van der Waals surface area contributed by atoms with E-state index in [9.17, 15) is 9.59 Å². The van der Waals surface area contributed by atoms with Crippen LogP contribution in [0.2, 0.25) is 0 Å². The molecule has 0 aliphatic carbocycles. The summed E-state index contributed by atoms with van der Waals surface area (Å²) in [6.07, 6.45) is 3.40. The van der Waals surface area contributed by atoms with Gasteiger partial charge in [0.15, 0.2) is 0 Å². The van der Waals surface area contributed by atoms with Gasteiger partial charge >= 0.3 is 0 Å². The smallest absolute Gasteiger partial charge is 0.268 e. The Morgan fingerprint density at radius 3 is 2.18 bits per heavy atom. The van der Waals surface area contributed by atoms with Crippen LogP contribution in [0.3, 0.4) is 0 Å². The van der Waals surface area contributed by atoms with E-state index < -0.39 is 24.0 Å². The zero-order chi connectivity index (χ0) is 23.6. The van der Waals surface area contributed by atoms with Crippen LogP contribution < -0.4 is 10.8 Å². The van der Waals surface area contributed by atoms with E-state index in [1.165, 1.54) is 12.7 Å². The second-order valence-electron chi connectivity index (χ2n) is 7.95. The maximum absolute atomic E-state index is 12.5. The predicted molar refractivity (Wildman–Crippen MR) is 126 cm³/mol. The Kier molecular flexibility index (Phi) is 9.14. The molecule has 0 unspecified atom stereocenters. The molecule has 1 aliphatic heterocycles. The number of hydroxylamine groups is 1. The molecule has 2 aromatic carbocycles. The van der Waals surface area contributed by atoms with Gasteiger partial charge in [0, 0.05) is 32.3 Å². The maximum Gasteiger partial charge on any atom is 0.268 e. The SMILES string of the molecule is CO[C@H](C)[C@H](NC(=O)c1ccc(/C=C/c2ccc(CN3CCOCC3)cc2)cc1)C(=O)NO. The summed E-state index contributed by atoms with van der Waals surface area (Å²) in [6.45, 7) is 6.09. The molecule has 0 saturated carbocycles. The highest BCUT2D eigenvalue weighted by Gasteiger charge is 2.27. The fourth-order valence-electron chi connectivity index (χ4n) is 3.52. The third-order valence-corrected chi connectivity index (χ3v) is 5.65. The van der Waals surface area contributed by atoms with E-state index in [4.69, 9.17) is 14.7 Å². The van der Waals surface area contributed by atoms with Gasteiger partial charge in [0.05, 0.1) is 19.3 Å². The van der Waals surface area contributed by atoms with Crippen molar-refractivity contribution < 1.29 is 24.3 Å². The largest absolute Gasteiger partial charge is 0.379 e. The van der Waals surface area contributed by atoms with E-state index in [-0.39, 0.29) is 0 Å². The quantitative estimate of drug-likeness (QED) is 0.306. The number of carbonyl (C=O) groups is 2. The molecular weight excluding hydrogens is 422 g/mol. The molecule has 1 aliphatic rings. The minimum Gasteiger partial charge on any atom is -0.379 e. The summed E-state index contributed by atoms with van der Waals surface area (Å²) < 4.78 is 10.5. The van der Waals surface area contributed by atoms with Gasteiger partial charge in [-0.2, -0.15) is 0 Å². The molecule has 0 bridgehead atoms. The molecule has 2 atom stereocenters. The van der Waals surface area contributed by atoms with E-state index in [2.05, 4.69) is 34.5 Å². The van der Waals surface area contributed by atoms with E-state index >= 15 is 0 Å². The van der Waals surface area contributed by atoms with Crippen LogP contribution in [0.15, 0.2) is 48.5 Å². The van der Waals surface area contributed by atoms with Gasteiger partial charge in [-0.25, -0.2) is 5.48 Å². The molecular formula is C25H31N3O5. The van der Waals surface area contributed by atoms with Gasteiger partial charge in [0.2, 0.25) is 0 Å². The molecule has 176 valence electrons. The number of nitrogens with zero attached hydrogens (tertiary/aromatic N) is 1. The number of morpholine rings is 1. The summed E-state index contributed by atoms with van der Waals surface area (Å²) in [5, 5.41) is 11.5. The van der Waals surface area contributed by atoms with Gasteiger partial charge in [0.25, 0.3) is 11.8 Å². The molecule has 1 saturated heterocycles. The highest BCUT2D eigenvalue weighted by atomic mass is 16.5. The number of amides is 2. The van der Waals surface area contributed by atoms with Crippen LogP contribution in [0.1, 0.15) is 34.0 Å². The Morgan fingerprint density at radius 1 is 1.06 bits per heavy atom. The predicted octanol–water partition coefficient (Wildman–Crippen LogP) is 2.33. The number of methoxy groups -OCH3 is 1. The van der Waals surface area contributed by atoms with E-state index in [0.29, 0.717) is 5.56 Å². The number of hydrogen-bond donors (Lipinski definition) is 3. The van der Waals surface area contributed by atoms with Crippen LogP contribution in [-0.4, -0.2) is 67.5 Å². The van der Waals surface area contributed by atoms with E-state index in [1.54, 1.807) is 24.5 Å². The molecule has 2 aromatic rings. The van der Waals surface area contributed by atoms with Gasteiger partial charge < -0.3 is 14.8 Å². The zero-order valence-corrected chi connectivity index (χ0v) is 19.0. The summed E-state index contributed by atoms with van der Waals surface area (Å²) in [5.74, 6) is -1.17. The van der Waals surface area contributed by atoms with Crippen LogP contribution >= 0.6 is 0 Å². The third-order valence-electron chi connectivity index (χ3n) is 5.65. The lowest BCUT2D eigenvalue weighted by molar-refractivity contribution is -0.134. The average Bonchev–Trinajstić information content (AvgIpc) is 2.86. The Balaban J connectivity index is 1.57. The average molecular weight is 454 g/mol. The van der Waals surface area contributed by atoms with Crippen molar-refractivity contribution in [1.29, 1.82) is 0 Å². The molecule has 33 heavy (non-hydrogen) atoms. The monoisotopic (exact) mass is 453 g/mol. The van der Waals surface area contributed by atoms with E-state index in [0.717, 1.165) is 44.0 Å². The van der Waals surface area contributed by atoms with Crippen molar-refractivity contribution in [2.75, 3.05) is 33.4 Å². The van der Waals surface area contributed by atoms with Crippen molar-refractivity contribution in [3.63, 3.8) is 0 Å². The number of benzene rings is 2. The number of carbonyl (C=O) groups excluding carboxylic acids is 2. The molecule has 3 N–H and O–H groups in total. The summed E-state index contributed by atoms with van der Waals surface area (Å²) in [7, 11) is 1.42. The number of nitrogens with one attached hydrogen (secondary N) is 2. The van der Waals surface area contributed by atoms with Gasteiger partial charge in [-0.1, -0.05) is 48.6 Å². The van der Waals surface area contributed by atoms with Gasteiger partial charge in [-0.15, -0.1) is 0 Å². The molecule has 0 spiro atoms. The molecule has 1 heterocycles. The molecule has 2 amide bonds. The normalized spacial score (nSPS) is 16.3. The molecule has 3 rings (SSSR count). The van der Waals surface area contributed by atoms with Crippen molar-refractivity contribution in [3.05, 3.63) is 70.8 Å². The lowest BCUT2D eigenvalue weighted by Gasteiger charge is -2.26. The fraction of sp³-hybridized carbons (Fsp3) is 0.360. The number of rotatable bonds is 9. The minimum absolute atomic E-state index is 0.402. The Bertz CT molecular complexity index is 938. The van der Waals surface area contributed by atoms with Gasteiger partial charge in [0.1, 0.15) is 6.04 Å². The maximum atomic E-state index is 12.5. The van der Waals surface area contributed by atoms with Crippen LogP contribution in [0.5, 0.6) is 0 Å². The fourth-order valence-corrected chi connectivity index (χ4v) is 3.52. The highest BCUT2D eigenvalue weighted by Crippen LogP contribution is 2.13.